The Balaban J connectivity index is 1.15. The molecule has 1 spiro atoms. The van der Waals surface area contributed by atoms with E-state index in [1.165, 1.54) is 10.9 Å². The number of fused-ring (bicyclic) bond motifs is 2. The summed E-state index contributed by atoms with van der Waals surface area (Å²) in [6.07, 6.45) is 5.47. The molecule has 6 nitrogen and oxygen atoms in total. The third-order valence-electron chi connectivity index (χ3n) is 6.21. The second-order valence-electron chi connectivity index (χ2n) is 8.14. The average molecular weight is 403 g/mol. The lowest BCUT2D eigenvalue weighted by molar-refractivity contribution is -0.135. The van der Waals surface area contributed by atoms with Crippen molar-refractivity contribution in [3.8, 4) is 5.75 Å². The number of benzene rings is 2. The number of likely N-dealkylation sites (tertiary alicyclic amines) is 1. The minimum Gasteiger partial charge on any atom is -0.467 e. The van der Waals surface area contributed by atoms with Gasteiger partial charge >= 0.3 is 0 Å². The van der Waals surface area contributed by atoms with Crippen molar-refractivity contribution in [3.63, 3.8) is 0 Å². The van der Waals surface area contributed by atoms with E-state index in [1.54, 1.807) is 6.07 Å². The Hall–Kier alpha value is -3.28. The number of nitrogens with one attached hydrogen (secondary N) is 2. The first-order chi connectivity index (χ1) is 14.6. The summed E-state index contributed by atoms with van der Waals surface area (Å²) in [6, 6.07) is 15.5. The van der Waals surface area contributed by atoms with Gasteiger partial charge in [-0.1, -0.05) is 30.3 Å². The van der Waals surface area contributed by atoms with Crippen molar-refractivity contribution in [2.24, 2.45) is 0 Å². The van der Waals surface area contributed by atoms with Crippen molar-refractivity contribution in [2.75, 3.05) is 13.1 Å². The molecule has 154 valence electrons. The van der Waals surface area contributed by atoms with Gasteiger partial charge in [0, 0.05) is 49.5 Å². The Kier molecular flexibility index (Phi) is 4.69. The van der Waals surface area contributed by atoms with E-state index in [1.807, 2.05) is 41.4 Å². The van der Waals surface area contributed by atoms with E-state index in [0.29, 0.717) is 43.7 Å². The molecular weight excluding hydrogens is 378 g/mol. The van der Waals surface area contributed by atoms with Crippen molar-refractivity contribution in [1.82, 2.24) is 15.2 Å². The number of H-pyrrole nitrogens is 1. The molecule has 0 radical (unpaired) electrons. The molecule has 0 unspecified atom stereocenters. The number of rotatable bonds is 4. The number of carbonyl (C=O) groups is 2. The lowest BCUT2D eigenvalue weighted by Gasteiger charge is -2.44. The van der Waals surface area contributed by atoms with Gasteiger partial charge in [-0.2, -0.15) is 0 Å². The van der Waals surface area contributed by atoms with Gasteiger partial charge in [-0.05, 0) is 36.6 Å². The number of hydrogen-bond acceptors (Lipinski definition) is 3. The highest BCUT2D eigenvalue weighted by atomic mass is 16.5. The van der Waals surface area contributed by atoms with Gasteiger partial charge in [-0.15, -0.1) is 0 Å². The SMILES string of the molecule is O=C1NC2(CCN(C(=O)CCCc3c[nH]c4ccccc34)CC2)Oc2ccccc21. The van der Waals surface area contributed by atoms with E-state index in [9.17, 15) is 9.59 Å². The number of aromatic amines is 1. The molecule has 0 atom stereocenters. The molecule has 0 saturated carbocycles. The second kappa shape index (κ2) is 7.52. The van der Waals surface area contributed by atoms with Gasteiger partial charge in [0.15, 0.2) is 5.72 Å². The van der Waals surface area contributed by atoms with Crippen molar-refractivity contribution >= 4 is 22.7 Å². The Labute approximate surface area is 175 Å². The fourth-order valence-corrected chi connectivity index (χ4v) is 4.52. The smallest absolute Gasteiger partial charge is 0.258 e. The summed E-state index contributed by atoms with van der Waals surface area (Å²) in [5.74, 6) is 0.697. The van der Waals surface area contributed by atoms with Gasteiger partial charge in [0.2, 0.25) is 5.91 Å². The van der Waals surface area contributed by atoms with Crippen LogP contribution in [0.15, 0.2) is 54.7 Å². The van der Waals surface area contributed by atoms with Crippen LogP contribution in [-0.2, 0) is 11.2 Å². The zero-order valence-electron chi connectivity index (χ0n) is 16.8. The average Bonchev–Trinajstić information content (AvgIpc) is 3.17. The van der Waals surface area contributed by atoms with E-state index in [4.69, 9.17) is 4.74 Å². The number of aryl methyl sites for hydroxylation is 1. The van der Waals surface area contributed by atoms with Gasteiger partial charge in [-0.25, -0.2) is 0 Å². The molecule has 2 aromatic carbocycles. The van der Waals surface area contributed by atoms with Crippen LogP contribution in [0.2, 0.25) is 0 Å². The summed E-state index contributed by atoms with van der Waals surface area (Å²) >= 11 is 0. The molecule has 6 heteroatoms. The molecule has 0 aliphatic carbocycles. The number of nitrogens with zero attached hydrogens (tertiary/aromatic N) is 1. The van der Waals surface area contributed by atoms with Crippen molar-refractivity contribution in [1.29, 1.82) is 0 Å². The van der Waals surface area contributed by atoms with Crippen LogP contribution in [0.1, 0.15) is 41.6 Å². The van der Waals surface area contributed by atoms with Gasteiger partial charge in [0.1, 0.15) is 5.75 Å². The van der Waals surface area contributed by atoms with Gasteiger partial charge in [0.05, 0.1) is 5.56 Å². The van der Waals surface area contributed by atoms with Crippen LogP contribution < -0.4 is 10.1 Å². The summed E-state index contributed by atoms with van der Waals surface area (Å²) in [6.45, 7) is 1.18. The molecule has 5 rings (SSSR count). The number of ether oxygens (including phenoxy) is 1. The lowest BCUT2D eigenvalue weighted by Crippen LogP contribution is -2.61. The maximum Gasteiger partial charge on any atom is 0.258 e. The molecular formula is C24H25N3O3. The number of carbonyl (C=O) groups excluding carboxylic acids is 2. The van der Waals surface area contributed by atoms with Crippen LogP contribution in [-0.4, -0.2) is 40.5 Å². The lowest BCUT2D eigenvalue weighted by atomic mass is 9.96. The molecule has 2 aliphatic heterocycles. The molecule has 1 fully saturated rings. The van der Waals surface area contributed by atoms with Gasteiger partial charge in [0.25, 0.3) is 5.91 Å². The first-order valence-electron chi connectivity index (χ1n) is 10.6. The summed E-state index contributed by atoms with van der Waals surface area (Å²) < 4.78 is 6.16. The highest BCUT2D eigenvalue weighted by Gasteiger charge is 2.42. The second-order valence-corrected chi connectivity index (χ2v) is 8.14. The first-order valence-corrected chi connectivity index (χ1v) is 10.6. The summed E-state index contributed by atoms with van der Waals surface area (Å²) in [7, 11) is 0. The van der Waals surface area contributed by atoms with E-state index in [0.717, 1.165) is 18.4 Å². The molecule has 1 saturated heterocycles. The third-order valence-corrected chi connectivity index (χ3v) is 6.21. The predicted molar refractivity (Wildman–Crippen MR) is 114 cm³/mol. The molecule has 2 amide bonds. The molecule has 3 heterocycles. The van der Waals surface area contributed by atoms with Crippen LogP contribution in [0.25, 0.3) is 10.9 Å². The van der Waals surface area contributed by atoms with Crippen molar-refractivity contribution in [2.45, 2.75) is 37.8 Å². The van der Waals surface area contributed by atoms with Crippen molar-refractivity contribution < 1.29 is 14.3 Å². The number of piperidine rings is 1. The summed E-state index contributed by atoms with van der Waals surface area (Å²) in [4.78, 5) is 30.4. The fourth-order valence-electron chi connectivity index (χ4n) is 4.52. The van der Waals surface area contributed by atoms with E-state index >= 15 is 0 Å². The molecule has 2 aliphatic rings. The maximum absolute atomic E-state index is 12.7. The van der Waals surface area contributed by atoms with Gasteiger partial charge in [-0.3, -0.25) is 9.59 Å². The van der Waals surface area contributed by atoms with E-state index in [-0.39, 0.29) is 11.8 Å². The normalized spacial score (nSPS) is 17.5. The van der Waals surface area contributed by atoms with Crippen molar-refractivity contribution in [3.05, 3.63) is 65.9 Å². The van der Waals surface area contributed by atoms with Gasteiger partial charge < -0.3 is 19.9 Å². The maximum atomic E-state index is 12.7. The molecule has 2 N–H and O–H groups in total. The minimum absolute atomic E-state index is 0.102. The Morgan fingerprint density at radius 1 is 1.07 bits per heavy atom. The predicted octanol–water partition coefficient (Wildman–Crippen LogP) is 3.63. The van der Waals surface area contributed by atoms with E-state index < -0.39 is 5.72 Å². The Bertz CT molecular complexity index is 1100. The third kappa shape index (κ3) is 3.43. The van der Waals surface area contributed by atoms with E-state index in [2.05, 4.69) is 22.4 Å². The Morgan fingerprint density at radius 2 is 1.83 bits per heavy atom. The van der Waals surface area contributed by atoms with Crippen LogP contribution in [0, 0.1) is 0 Å². The largest absolute Gasteiger partial charge is 0.467 e. The highest BCUT2D eigenvalue weighted by Crippen LogP contribution is 2.33. The van der Waals surface area contributed by atoms with Crippen LogP contribution in [0.4, 0.5) is 0 Å². The summed E-state index contributed by atoms with van der Waals surface area (Å²) in [5.41, 5.74) is 2.26. The molecule has 30 heavy (non-hydrogen) atoms. The molecule has 3 aromatic rings. The minimum atomic E-state index is -0.702. The van der Waals surface area contributed by atoms with Crippen LogP contribution >= 0.6 is 0 Å². The number of aromatic nitrogens is 1. The summed E-state index contributed by atoms with van der Waals surface area (Å²) in [5, 5.41) is 4.26. The van der Waals surface area contributed by atoms with Crippen LogP contribution in [0.3, 0.4) is 0 Å². The number of hydrogen-bond donors (Lipinski definition) is 2. The number of amides is 2. The zero-order chi connectivity index (χ0) is 20.6. The standard InChI is InChI=1S/C24H25N3O3/c28-22(11-5-6-17-16-25-20-9-3-1-7-18(17)20)27-14-12-24(13-15-27)26-23(29)19-8-2-4-10-21(19)30-24/h1-4,7-10,16,25H,5-6,11-15H2,(H,26,29). The molecule has 1 aromatic heterocycles. The quantitative estimate of drug-likeness (QED) is 0.699. The van der Waals surface area contributed by atoms with Crippen LogP contribution in [0.5, 0.6) is 5.75 Å². The first kappa shape index (κ1) is 18.7. The zero-order valence-corrected chi connectivity index (χ0v) is 16.8. The highest BCUT2D eigenvalue weighted by molar-refractivity contribution is 5.98. The molecule has 0 bridgehead atoms. The Morgan fingerprint density at radius 3 is 2.70 bits per heavy atom. The topological polar surface area (TPSA) is 74.4 Å². The fraction of sp³-hybridized carbons (Fsp3) is 0.333. The number of para-hydroxylation sites is 2. The monoisotopic (exact) mass is 403 g/mol.